The maximum atomic E-state index is 13.6. The van der Waals surface area contributed by atoms with Crippen LogP contribution in [0, 0.1) is 5.82 Å². The van der Waals surface area contributed by atoms with Gasteiger partial charge in [0, 0.05) is 37.9 Å². The van der Waals surface area contributed by atoms with Gasteiger partial charge in [-0.25, -0.2) is 9.37 Å². The first kappa shape index (κ1) is 20.6. The summed E-state index contributed by atoms with van der Waals surface area (Å²) in [4.78, 5) is 19.0. The van der Waals surface area contributed by atoms with Gasteiger partial charge in [-0.15, -0.1) is 0 Å². The molecular formula is C23H26FN3O2S. The molecular weight excluding hydrogens is 401 g/mol. The van der Waals surface area contributed by atoms with Crippen molar-refractivity contribution in [1.82, 2.24) is 14.5 Å². The monoisotopic (exact) mass is 427 g/mol. The van der Waals surface area contributed by atoms with Crippen LogP contribution >= 0.6 is 11.3 Å². The highest BCUT2D eigenvalue weighted by atomic mass is 32.1. The lowest BCUT2D eigenvalue weighted by atomic mass is 9.95. The number of thiophene rings is 1. The topological polar surface area (TPSA) is 47.4 Å². The predicted molar refractivity (Wildman–Crippen MR) is 115 cm³/mol. The SMILES string of the molecule is O=C(CCOc1ccccc1F)N1CCC(c2nccn2CCc2ccsc2)CC1. The highest BCUT2D eigenvalue weighted by molar-refractivity contribution is 7.07. The minimum atomic E-state index is -0.403. The van der Waals surface area contributed by atoms with Gasteiger partial charge in [0.15, 0.2) is 11.6 Å². The van der Waals surface area contributed by atoms with E-state index in [0.29, 0.717) is 5.92 Å². The number of piperidine rings is 1. The zero-order valence-corrected chi connectivity index (χ0v) is 17.7. The number of ether oxygens (including phenoxy) is 1. The predicted octanol–water partition coefficient (Wildman–Crippen LogP) is 4.50. The molecule has 1 fully saturated rings. The van der Waals surface area contributed by atoms with Gasteiger partial charge in [-0.1, -0.05) is 12.1 Å². The molecule has 0 bridgehead atoms. The Labute approximate surface area is 180 Å². The molecule has 1 aliphatic heterocycles. The number of halogens is 1. The van der Waals surface area contributed by atoms with Crippen molar-refractivity contribution in [2.45, 2.75) is 38.1 Å². The van der Waals surface area contributed by atoms with E-state index in [-0.39, 0.29) is 24.7 Å². The highest BCUT2D eigenvalue weighted by Crippen LogP contribution is 2.27. The molecule has 0 unspecified atom stereocenters. The van der Waals surface area contributed by atoms with Crippen LogP contribution in [0.3, 0.4) is 0 Å². The molecule has 1 aliphatic rings. The lowest BCUT2D eigenvalue weighted by Crippen LogP contribution is -2.39. The van der Waals surface area contributed by atoms with Crippen LogP contribution in [0.4, 0.5) is 4.39 Å². The lowest BCUT2D eigenvalue weighted by molar-refractivity contribution is -0.132. The molecule has 30 heavy (non-hydrogen) atoms. The van der Waals surface area contributed by atoms with E-state index in [0.717, 1.165) is 44.7 Å². The van der Waals surface area contributed by atoms with Crippen molar-refractivity contribution < 1.29 is 13.9 Å². The molecule has 0 aliphatic carbocycles. The summed E-state index contributed by atoms with van der Waals surface area (Å²) in [7, 11) is 0. The molecule has 1 amide bonds. The second-order valence-electron chi connectivity index (χ2n) is 7.54. The minimum Gasteiger partial charge on any atom is -0.490 e. The first-order chi connectivity index (χ1) is 14.7. The van der Waals surface area contributed by atoms with Gasteiger partial charge in [0.2, 0.25) is 5.91 Å². The van der Waals surface area contributed by atoms with E-state index in [1.807, 2.05) is 11.1 Å². The standard InChI is InChI=1S/C23H26FN3O2S/c24-20-3-1-2-4-21(20)29-15-8-22(28)26-12-6-19(7-13-26)23-25-10-14-27(23)11-5-18-9-16-30-17-18/h1-4,9-10,14,16-17,19H,5-8,11-13,15H2. The summed E-state index contributed by atoms with van der Waals surface area (Å²) in [6.45, 7) is 2.56. The fourth-order valence-corrected chi connectivity index (χ4v) is 4.61. The smallest absolute Gasteiger partial charge is 0.225 e. The van der Waals surface area contributed by atoms with Gasteiger partial charge in [-0.2, -0.15) is 11.3 Å². The van der Waals surface area contributed by atoms with Crippen LogP contribution in [0.1, 0.15) is 36.6 Å². The number of imidazole rings is 1. The Kier molecular flexibility index (Phi) is 6.79. The molecule has 0 spiro atoms. The Morgan fingerprint density at radius 3 is 2.83 bits per heavy atom. The van der Waals surface area contributed by atoms with Crippen LogP contribution in [0.15, 0.2) is 53.5 Å². The normalized spacial score (nSPS) is 14.8. The van der Waals surface area contributed by atoms with E-state index >= 15 is 0 Å². The number of nitrogens with zero attached hydrogens (tertiary/aromatic N) is 3. The first-order valence-electron chi connectivity index (χ1n) is 10.4. The van der Waals surface area contributed by atoms with Crippen molar-refractivity contribution in [2.24, 2.45) is 0 Å². The third-order valence-electron chi connectivity index (χ3n) is 5.59. The Balaban J connectivity index is 1.23. The van der Waals surface area contributed by atoms with Crippen molar-refractivity contribution in [3.63, 3.8) is 0 Å². The summed E-state index contributed by atoms with van der Waals surface area (Å²) in [5.41, 5.74) is 1.36. The molecule has 5 nitrogen and oxygen atoms in total. The number of aryl methyl sites for hydroxylation is 2. The van der Waals surface area contributed by atoms with Crippen LogP contribution in [0.25, 0.3) is 0 Å². The number of rotatable bonds is 8. The largest absolute Gasteiger partial charge is 0.490 e. The number of hydrogen-bond donors (Lipinski definition) is 0. The molecule has 3 aromatic rings. The van der Waals surface area contributed by atoms with Gasteiger partial charge in [0.25, 0.3) is 0 Å². The molecule has 0 saturated carbocycles. The van der Waals surface area contributed by atoms with Crippen LogP contribution < -0.4 is 4.74 Å². The molecule has 0 atom stereocenters. The Bertz CT molecular complexity index is 949. The molecule has 1 aromatic carbocycles. The summed E-state index contributed by atoms with van der Waals surface area (Å²) in [5, 5.41) is 4.30. The van der Waals surface area contributed by atoms with Crippen molar-refractivity contribution in [3.8, 4) is 5.75 Å². The second-order valence-corrected chi connectivity index (χ2v) is 8.32. The van der Waals surface area contributed by atoms with Crippen molar-refractivity contribution in [1.29, 1.82) is 0 Å². The maximum Gasteiger partial charge on any atom is 0.225 e. The van der Waals surface area contributed by atoms with Gasteiger partial charge in [0.05, 0.1) is 13.0 Å². The fourth-order valence-electron chi connectivity index (χ4n) is 3.91. The van der Waals surface area contributed by atoms with E-state index in [1.54, 1.807) is 29.5 Å². The summed E-state index contributed by atoms with van der Waals surface area (Å²) < 4.78 is 21.3. The number of carbonyl (C=O) groups excluding carboxylic acids is 1. The number of likely N-dealkylation sites (tertiary alicyclic amines) is 1. The molecule has 158 valence electrons. The Morgan fingerprint density at radius 2 is 2.07 bits per heavy atom. The van der Waals surface area contributed by atoms with E-state index in [2.05, 4.69) is 32.6 Å². The highest BCUT2D eigenvalue weighted by Gasteiger charge is 2.26. The second kappa shape index (κ2) is 9.89. The van der Waals surface area contributed by atoms with Gasteiger partial charge < -0.3 is 14.2 Å². The summed E-state index contributed by atoms with van der Waals surface area (Å²) in [6.07, 6.45) is 7.02. The number of aromatic nitrogens is 2. The third-order valence-corrected chi connectivity index (χ3v) is 6.32. The number of hydrogen-bond acceptors (Lipinski definition) is 4. The van der Waals surface area contributed by atoms with E-state index in [4.69, 9.17) is 4.74 Å². The van der Waals surface area contributed by atoms with Crippen LogP contribution in [-0.4, -0.2) is 40.1 Å². The number of para-hydroxylation sites is 1. The molecule has 0 radical (unpaired) electrons. The fraction of sp³-hybridized carbons (Fsp3) is 0.391. The van der Waals surface area contributed by atoms with Crippen molar-refractivity contribution in [3.05, 3.63) is 70.7 Å². The third kappa shape index (κ3) is 5.08. The zero-order chi connectivity index (χ0) is 20.8. The minimum absolute atomic E-state index is 0.0607. The lowest BCUT2D eigenvalue weighted by Gasteiger charge is -2.32. The quantitative estimate of drug-likeness (QED) is 0.532. The maximum absolute atomic E-state index is 13.6. The van der Waals surface area contributed by atoms with Gasteiger partial charge >= 0.3 is 0 Å². The Morgan fingerprint density at radius 1 is 1.23 bits per heavy atom. The molecule has 4 rings (SSSR count). The van der Waals surface area contributed by atoms with Crippen LogP contribution in [-0.2, 0) is 17.8 Å². The summed E-state index contributed by atoms with van der Waals surface area (Å²) >= 11 is 1.73. The molecule has 3 heterocycles. The van der Waals surface area contributed by atoms with Gasteiger partial charge in [0.1, 0.15) is 5.82 Å². The first-order valence-corrected chi connectivity index (χ1v) is 11.3. The number of amides is 1. The van der Waals surface area contributed by atoms with E-state index < -0.39 is 5.82 Å². The van der Waals surface area contributed by atoms with Crippen molar-refractivity contribution in [2.75, 3.05) is 19.7 Å². The molecule has 1 saturated heterocycles. The number of benzene rings is 1. The van der Waals surface area contributed by atoms with Gasteiger partial charge in [-0.3, -0.25) is 4.79 Å². The zero-order valence-electron chi connectivity index (χ0n) is 16.9. The van der Waals surface area contributed by atoms with E-state index in [9.17, 15) is 9.18 Å². The Hall–Kier alpha value is -2.67. The average Bonchev–Trinajstić information content (AvgIpc) is 3.45. The molecule has 2 aromatic heterocycles. The molecule has 7 heteroatoms. The summed E-state index contributed by atoms with van der Waals surface area (Å²) in [6, 6.07) is 8.43. The van der Waals surface area contributed by atoms with Crippen LogP contribution in [0.2, 0.25) is 0 Å². The number of carbonyl (C=O) groups is 1. The molecule has 0 N–H and O–H groups in total. The van der Waals surface area contributed by atoms with Crippen LogP contribution in [0.5, 0.6) is 5.75 Å². The van der Waals surface area contributed by atoms with Crippen molar-refractivity contribution >= 4 is 17.2 Å². The summed E-state index contributed by atoms with van der Waals surface area (Å²) in [5.74, 6) is 1.35. The van der Waals surface area contributed by atoms with E-state index in [1.165, 1.54) is 11.6 Å². The average molecular weight is 428 g/mol. The van der Waals surface area contributed by atoms with Gasteiger partial charge in [-0.05, 0) is 53.8 Å².